The highest BCUT2D eigenvalue weighted by Gasteiger charge is 2.30. The Morgan fingerprint density at radius 3 is 2.65 bits per heavy atom. The van der Waals surface area contributed by atoms with Gasteiger partial charge in [-0.1, -0.05) is 12.1 Å². The van der Waals surface area contributed by atoms with E-state index in [2.05, 4.69) is 10.2 Å². The predicted octanol–water partition coefficient (Wildman–Crippen LogP) is 3.00. The molecule has 0 bridgehead atoms. The number of rotatable bonds is 2. The maximum absolute atomic E-state index is 12.5. The average molecular weight is 262 g/mol. The van der Waals surface area contributed by atoms with Gasteiger partial charge in [0.1, 0.15) is 6.33 Å². The van der Waals surface area contributed by atoms with Crippen molar-refractivity contribution in [3.63, 3.8) is 0 Å². The van der Waals surface area contributed by atoms with Crippen molar-refractivity contribution in [3.8, 4) is 0 Å². The Kier molecular flexibility index (Phi) is 3.06. The van der Waals surface area contributed by atoms with Crippen LogP contribution in [0.25, 0.3) is 0 Å². The maximum Gasteiger partial charge on any atom is 0.416 e. The van der Waals surface area contributed by atoms with Gasteiger partial charge in [-0.3, -0.25) is 4.57 Å². The van der Waals surface area contributed by atoms with E-state index in [0.29, 0.717) is 5.56 Å². The molecule has 3 nitrogen and oxygen atoms in total. The molecule has 1 heterocycles. The second kappa shape index (κ2) is 4.37. The van der Waals surface area contributed by atoms with Gasteiger partial charge in [0.05, 0.1) is 12.1 Å². The van der Waals surface area contributed by atoms with Crippen molar-refractivity contribution in [3.05, 3.63) is 47.0 Å². The lowest BCUT2D eigenvalue weighted by molar-refractivity contribution is -0.137. The third-order valence-corrected chi connectivity index (χ3v) is 2.47. The SMILES string of the molecule is FC(F)(F)c1cccc(Cn2cnnc2Cl)c1. The minimum absolute atomic E-state index is 0.141. The first-order valence-corrected chi connectivity index (χ1v) is 5.04. The van der Waals surface area contributed by atoms with Crippen LogP contribution >= 0.6 is 11.6 Å². The summed E-state index contributed by atoms with van der Waals surface area (Å²) in [7, 11) is 0. The molecular weight excluding hydrogens is 255 g/mol. The van der Waals surface area contributed by atoms with Gasteiger partial charge in [-0.25, -0.2) is 0 Å². The molecule has 0 aliphatic carbocycles. The monoisotopic (exact) mass is 261 g/mol. The van der Waals surface area contributed by atoms with Gasteiger partial charge in [0.2, 0.25) is 5.28 Å². The van der Waals surface area contributed by atoms with Gasteiger partial charge < -0.3 is 0 Å². The molecule has 7 heteroatoms. The summed E-state index contributed by atoms with van der Waals surface area (Å²) >= 11 is 5.69. The van der Waals surface area contributed by atoms with Crippen molar-refractivity contribution >= 4 is 11.6 Å². The molecule has 90 valence electrons. The van der Waals surface area contributed by atoms with Crippen LogP contribution in [0, 0.1) is 0 Å². The van der Waals surface area contributed by atoms with Gasteiger partial charge in [0, 0.05) is 0 Å². The van der Waals surface area contributed by atoms with Crippen LogP contribution in [-0.4, -0.2) is 14.8 Å². The number of hydrogen-bond donors (Lipinski definition) is 0. The molecule has 0 N–H and O–H groups in total. The van der Waals surface area contributed by atoms with Crippen LogP contribution in [0.15, 0.2) is 30.6 Å². The molecule has 0 saturated carbocycles. The van der Waals surface area contributed by atoms with Crippen LogP contribution in [0.2, 0.25) is 5.28 Å². The Morgan fingerprint density at radius 1 is 1.29 bits per heavy atom. The molecule has 0 unspecified atom stereocenters. The van der Waals surface area contributed by atoms with Gasteiger partial charge >= 0.3 is 6.18 Å². The summed E-state index contributed by atoms with van der Waals surface area (Å²) in [6.45, 7) is 0.204. The number of alkyl halides is 3. The Hall–Kier alpha value is -1.56. The Labute approximate surface area is 99.8 Å². The van der Waals surface area contributed by atoms with Crippen LogP contribution in [0.5, 0.6) is 0 Å². The number of nitrogens with zero attached hydrogens (tertiary/aromatic N) is 3. The Morgan fingerprint density at radius 2 is 2.06 bits per heavy atom. The van der Waals surface area contributed by atoms with Crippen LogP contribution in [0.1, 0.15) is 11.1 Å². The predicted molar refractivity (Wildman–Crippen MR) is 55.6 cm³/mol. The minimum atomic E-state index is -4.34. The lowest BCUT2D eigenvalue weighted by Crippen LogP contribution is -2.06. The third-order valence-electron chi connectivity index (χ3n) is 2.18. The third kappa shape index (κ3) is 2.76. The van der Waals surface area contributed by atoms with Crippen molar-refractivity contribution in [2.75, 3.05) is 0 Å². The lowest BCUT2D eigenvalue weighted by Gasteiger charge is -2.09. The highest BCUT2D eigenvalue weighted by Crippen LogP contribution is 2.29. The van der Waals surface area contributed by atoms with E-state index < -0.39 is 11.7 Å². The fourth-order valence-electron chi connectivity index (χ4n) is 1.39. The van der Waals surface area contributed by atoms with Crippen molar-refractivity contribution < 1.29 is 13.2 Å². The van der Waals surface area contributed by atoms with E-state index in [1.165, 1.54) is 17.0 Å². The summed E-state index contributed by atoms with van der Waals surface area (Å²) in [4.78, 5) is 0. The second-order valence-corrected chi connectivity index (χ2v) is 3.76. The minimum Gasteiger partial charge on any atom is -0.300 e. The molecule has 1 aromatic heterocycles. The molecule has 2 aromatic rings. The number of hydrogen-bond acceptors (Lipinski definition) is 2. The summed E-state index contributed by atoms with van der Waals surface area (Å²) in [5.41, 5.74) is -0.194. The molecular formula is C10H7ClF3N3. The highest BCUT2D eigenvalue weighted by atomic mass is 35.5. The van der Waals surface area contributed by atoms with E-state index in [-0.39, 0.29) is 11.8 Å². The molecule has 0 aliphatic rings. The molecule has 17 heavy (non-hydrogen) atoms. The summed E-state index contributed by atoms with van der Waals surface area (Å²) in [6.07, 6.45) is -2.98. The van der Waals surface area contributed by atoms with Crippen molar-refractivity contribution in [1.29, 1.82) is 0 Å². The van der Waals surface area contributed by atoms with Crippen molar-refractivity contribution in [2.45, 2.75) is 12.7 Å². The first kappa shape index (κ1) is 11.9. The van der Waals surface area contributed by atoms with Crippen LogP contribution < -0.4 is 0 Å². The summed E-state index contributed by atoms with van der Waals surface area (Å²) in [6, 6.07) is 5.05. The van der Waals surface area contributed by atoms with Gasteiger partial charge in [0.25, 0.3) is 0 Å². The fraction of sp³-hybridized carbons (Fsp3) is 0.200. The molecule has 0 radical (unpaired) electrons. The standard InChI is InChI=1S/C10H7ClF3N3/c11-9-16-15-6-17(9)5-7-2-1-3-8(4-7)10(12,13)14/h1-4,6H,5H2. The van der Waals surface area contributed by atoms with Gasteiger partial charge in [-0.2, -0.15) is 13.2 Å². The zero-order chi connectivity index (χ0) is 12.5. The lowest BCUT2D eigenvalue weighted by atomic mass is 10.1. The molecule has 0 fully saturated rings. The number of aromatic nitrogens is 3. The number of halogens is 4. The maximum atomic E-state index is 12.5. The first-order valence-electron chi connectivity index (χ1n) is 4.66. The van der Waals surface area contributed by atoms with E-state index in [0.717, 1.165) is 12.1 Å². The normalized spacial score (nSPS) is 11.8. The van der Waals surface area contributed by atoms with E-state index in [1.54, 1.807) is 6.07 Å². The average Bonchev–Trinajstić information content (AvgIpc) is 2.64. The van der Waals surface area contributed by atoms with Crippen LogP contribution in [-0.2, 0) is 12.7 Å². The molecule has 0 aliphatic heterocycles. The quantitative estimate of drug-likeness (QED) is 0.832. The molecule has 1 aromatic carbocycles. The first-order chi connectivity index (χ1) is 7.97. The zero-order valence-electron chi connectivity index (χ0n) is 8.45. The Balaban J connectivity index is 2.26. The molecule has 0 amide bonds. The summed E-state index contributed by atoms with van der Waals surface area (Å²) in [5, 5.41) is 7.23. The van der Waals surface area contributed by atoms with Gasteiger partial charge in [-0.05, 0) is 29.3 Å². The van der Waals surface area contributed by atoms with E-state index in [1.807, 2.05) is 0 Å². The molecule has 0 atom stereocenters. The Bertz CT molecular complexity index is 522. The van der Waals surface area contributed by atoms with Crippen LogP contribution in [0.3, 0.4) is 0 Å². The van der Waals surface area contributed by atoms with E-state index in [4.69, 9.17) is 11.6 Å². The summed E-state index contributed by atoms with van der Waals surface area (Å²) in [5.74, 6) is 0. The van der Waals surface area contributed by atoms with Crippen molar-refractivity contribution in [2.24, 2.45) is 0 Å². The van der Waals surface area contributed by atoms with Gasteiger partial charge in [0.15, 0.2) is 0 Å². The largest absolute Gasteiger partial charge is 0.416 e. The van der Waals surface area contributed by atoms with E-state index >= 15 is 0 Å². The zero-order valence-corrected chi connectivity index (χ0v) is 9.20. The van der Waals surface area contributed by atoms with Crippen LogP contribution in [0.4, 0.5) is 13.2 Å². The second-order valence-electron chi connectivity index (χ2n) is 3.43. The fourth-order valence-corrected chi connectivity index (χ4v) is 1.54. The smallest absolute Gasteiger partial charge is 0.300 e. The summed E-state index contributed by atoms with van der Waals surface area (Å²) < 4.78 is 38.9. The molecule has 2 rings (SSSR count). The topological polar surface area (TPSA) is 30.7 Å². The highest BCUT2D eigenvalue weighted by molar-refractivity contribution is 6.28. The molecule has 0 spiro atoms. The van der Waals surface area contributed by atoms with Crippen molar-refractivity contribution in [1.82, 2.24) is 14.8 Å². The van der Waals surface area contributed by atoms with E-state index in [9.17, 15) is 13.2 Å². The molecule has 0 saturated heterocycles. The number of benzene rings is 1. The van der Waals surface area contributed by atoms with Gasteiger partial charge in [-0.15, -0.1) is 10.2 Å².